The number of hydrogen-bond acceptors (Lipinski definition) is 2. The largest absolute Gasteiger partial charge is 0.388 e. The number of rotatable bonds is 4. The van der Waals surface area contributed by atoms with Gasteiger partial charge < -0.3 is 5.73 Å². The van der Waals surface area contributed by atoms with E-state index in [4.69, 9.17) is 5.73 Å². The maximum absolute atomic E-state index is 5.28. The summed E-state index contributed by atoms with van der Waals surface area (Å²) in [7, 11) is 0. The van der Waals surface area contributed by atoms with Crippen LogP contribution in [-0.4, -0.2) is 19.0 Å². The fraction of sp³-hybridized carbons (Fsp3) is 0.833. The van der Waals surface area contributed by atoms with Crippen LogP contribution in [0.2, 0.25) is 0 Å². The quantitative estimate of drug-likeness (QED) is 0.326. The van der Waals surface area contributed by atoms with Gasteiger partial charge in [-0.15, -0.1) is 0 Å². The second kappa shape index (κ2) is 5.56. The summed E-state index contributed by atoms with van der Waals surface area (Å²) < 4.78 is 0. The molecule has 0 aliphatic carbocycles. The summed E-state index contributed by atoms with van der Waals surface area (Å²) >= 11 is 0. The van der Waals surface area contributed by atoms with E-state index in [2.05, 4.69) is 17.2 Å². The summed E-state index contributed by atoms with van der Waals surface area (Å²) in [5, 5.41) is 3.10. The summed E-state index contributed by atoms with van der Waals surface area (Å²) in [5.41, 5.74) is 5.28. The van der Waals surface area contributed by atoms with Crippen molar-refractivity contribution in [3.05, 3.63) is 0 Å². The fourth-order valence-electron chi connectivity index (χ4n) is 0.436. The predicted molar refractivity (Wildman–Crippen MR) is 40.5 cm³/mol. The summed E-state index contributed by atoms with van der Waals surface area (Å²) in [4.78, 5) is 3.95. The molecule has 0 bridgehead atoms. The minimum atomic E-state index is 0.638. The molecule has 54 valence electrons. The van der Waals surface area contributed by atoms with Gasteiger partial charge in [0.2, 0.25) is 0 Å². The molecule has 0 amide bonds. The number of hydrogen-bond donors (Lipinski definition) is 2. The SMILES string of the molecule is CCCNC/N=C(\C)N. The lowest BCUT2D eigenvalue weighted by Gasteiger charge is -1.96. The highest BCUT2D eigenvalue weighted by molar-refractivity contribution is 5.77. The molecule has 9 heavy (non-hydrogen) atoms. The van der Waals surface area contributed by atoms with Crippen LogP contribution in [0.1, 0.15) is 20.3 Å². The van der Waals surface area contributed by atoms with E-state index in [0.29, 0.717) is 12.5 Å². The van der Waals surface area contributed by atoms with Crippen molar-refractivity contribution in [3.63, 3.8) is 0 Å². The highest BCUT2D eigenvalue weighted by atomic mass is 15.0. The van der Waals surface area contributed by atoms with Gasteiger partial charge in [0.25, 0.3) is 0 Å². The number of aliphatic imine (C=N–C) groups is 1. The van der Waals surface area contributed by atoms with Gasteiger partial charge in [-0.2, -0.15) is 0 Å². The second-order valence-electron chi connectivity index (χ2n) is 1.96. The third-order valence-electron chi connectivity index (χ3n) is 0.867. The fourth-order valence-corrected chi connectivity index (χ4v) is 0.436. The van der Waals surface area contributed by atoms with Crippen LogP contribution in [0.3, 0.4) is 0 Å². The molecule has 0 aromatic carbocycles. The molecule has 0 spiro atoms. The number of nitrogens with zero attached hydrogens (tertiary/aromatic N) is 1. The van der Waals surface area contributed by atoms with Gasteiger partial charge in [-0.25, -0.2) is 0 Å². The Morgan fingerprint density at radius 3 is 2.78 bits per heavy atom. The Kier molecular flexibility index (Phi) is 5.21. The molecule has 0 rings (SSSR count). The Balaban J connectivity index is 3.00. The number of nitrogens with two attached hydrogens (primary N) is 1. The molecular formula is C6H15N3. The van der Waals surface area contributed by atoms with Crippen LogP contribution in [0.25, 0.3) is 0 Å². The third kappa shape index (κ3) is 7.43. The summed E-state index contributed by atoms with van der Waals surface area (Å²) in [6.45, 7) is 5.56. The first-order valence-electron chi connectivity index (χ1n) is 3.24. The van der Waals surface area contributed by atoms with E-state index in [1.165, 1.54) is 0 Å². The first kappa shape index (κ1) is 8.43. The predicted octanol–water partition coefficient (Wildman–Crippen LogP) is 0.321. The van der Waals surface area contributed by atoms with E-state index in [9.17, 15) is 0 Å². The molecule has 0 aliphatic heterocycles. The van der Waals surface area contributed by atoms with Gasteiger partial charge in [-0.3, -0.25) is 10.3 Å². The molecule has 3 heteroatoms. The standard InChI is InChI=1S/C6H15N3/c1-3-4-8-5-9-6(2)7/h8H,3-5H2,1-2H3,(H2,7,9). The van der Waals surface area contributed by atoms with Crippen LogP contribution in [0.4, 0.5) is 0 Å². The number of amidine groups is 1. The second-order valence-corrected chi connectivity index (χ2v) is 1.96. The van der Waals surface area contributed by atoms with Gasteiger partial charge in [0, 0.05) is 0 Å². The summed E-state index contributed by atoms with van der Waals surface area (Å²) in [5.74, 6) is 0.638. The van der Waals surface area contributed by atoms with E-state index in [0.717, 1.165) is 13.0 Å². The molecule has 0 heterocycles. The van der Waals surface area contributed by atoms with Crippen LogP contribution >= 0.6 is 0 Å². The van der Waals surface area contributed by atoms with E-state index in [1.807, 2.05) is 0 Å². The lowest BCUT2D eigenvalue weighted by molar-refractivity contribution is 0.689. The molecule has 0 aromatic heterocycles. The monoisotopic (exact) mass is 129 g/mol. The van der Waals surface area contributed by atoms with Gasteiger partial charge >= 0.3 is 0 Å². The van der Waals surface area contributed by atoms with Crippen LogP contribution in [-0.2, 0) is 0 Å². The van der Waals surface area contributed by atoms with Gasteiger partial charge in [-0.1, -0.05) is 6.92 Å². The first-order chi connectivity index (χ1) is 4.27. The first-order valence-corrected chi connectivity index (χ1v) is 3.24. The molecule has 0 radical (unpaired) electrons. The van der Waals surface area contributed by atoms with Gasteiger partial charge in [0.15, 0.2) is 0 Å². The van der Waals surface area contributed by atoms with Crippen molar-refractivity contribution in [2.24, 2.45) is 10.7 Å². The maximum Gasteiger partial charge on any atom is 0.0921 e. The molecule has 0 atom stereocenters. The Bertz CT molecular complexity index is 84.3. The molecule has 0 aromatic rings. The average molecular weight is 129 g/mol. The molecule has 0 fully saturated rings. The van der Waals surface area contributed by atoms with Crippen LogP contribution in [0, 0.1) is 0 Å². The summed E-state index contributed by atoms with van der Waals surface area (Å²) in [6.07, 6.45) is 1.14. The lowest BCUT2D eigenvalue weighted by atomic mass is 10.5. The Labute approximate surface area is 56.3 Å². The molecule has 0 unspecified atom stereocenters. The van der Waals surface area contributed by atoms with Crippen LogP contribution < -0.4 is 11.1 Å². The lowest BCUT2D eigenvalue weighted by Crippen LogP contribution is -2.17. The van der Waals surface area contributed by atoms with E-state index >= 15 is 0 Å². The van der Waals surface area contributed by atoms with E-state index in [1.54, 1.807) is 6.92 Å². The Morgan fingerprint density at radius 2 is 2.33 bits per heavy atom. The van der Waals surface area contributed by atoms with Crippen molar-refractivity contribution in [1.29, 1.82) is 0 Å². The van der Waals surface area contributed by atoms with E-state index in [-0.39, 0.29) is 0 Å². The number of nitrogens with one attached hydrogen (secondary N) is 1. The van der Waals surface area contributed by atoms with Crippen molar-refractivity contribution in [1.82, 2.24) is 5.32 Å². The smallest absolute Gasteiger partial charge is 0.0921 e. The third-order valence-corrected chi connectivity index (χ3v) is 0.867. The van der Waals surface area contributed by atoms with Gasteiger partial charge in [-0.05, 0) is 19.9 Å². The van der Waals surface area contributed by atoms with Gasteiger partial charge in [0.1, 0.15) is 0 Å². The summed E-state index contributed by atoms with van der Waals surface area (Å²) in [6, 6.07) is 0. The molecule has 3 nitrogen and oxygen atoms in total. The average Bonchev–Trinajstić information content (AvgIpc) is 1.80. The highest BCUT2D eigenvalue weighted by Gasteiger charge is 1.79. The molecule has 3 N–H and O–H groups in total. The minimum absolute atomic E-state index is 0.638. The van der Waals surface area contributed by atoms with Crippen molar-refractivity contribution in [3.8, 4) is 0 Å². The topological polar surface area (TPSA) is 50.4 Å². The molecular weight excluding hydrogens is 114 g/mol. The zero-order valence-corrected chi connectivity index (χ0v) is 6.15. The molecule has 0 saturated heterocycles. The van der Waals surface area contributed by atoms with Crippen LogP contribution in [0.15, 0.2) is 4.99 Å². The van der Waals surface area contributed by atoms with Crippen molar-refractivity contribution in [2.45, 2.75) is 20.3 Å². The minimum Gasteiger partial charge on any atom is -0.388 e. The van der Waals surface area contributed by atoms with Crippen molar-refractivity contribution >= 4 is 5.84 Å². The van der Waals surface area contributed by atoms with Crippen molar-refractivity contribution < 1.29 is 0 Å². The molecule has 0 saturated carbocycles. The Morgan fingerprint density at radius 1 is 1.67 bits per heavy atom. The zero-order chi connectivity index (χ0) is 7.11. The maximum atomic E-state index is 5.28. The molecule has 0 aliphatic rings. The van der Waals surface area contributed by atoms with Gasteiger partial charge in [0.05, 0.1) is 12.5 Å². The van der Waals surface area contributed by atoms with E-state index < -0.39 is 0 Å². The Hall–Kier alpha value is -0.570. The van der Waals surface area contributed by atoms with Crippen molar-refractivity contribution in [2.75, 3.05) is 13.2 Å². The van der Waals surface area contributed by atoms with Crippen LogP contribution in [0.5, 0.6) is 0 Å². The highest BCUT2D eigenvalue weighted by Crippen LogP contribution is 1.70. The zero-order valence-electron chi connectivity index (χ0n) is 6.15. The normalized spacial score (nSPS) is 12.0.